The van der Waals surface area contributed by atoms with E-state index >= 15 is 0 Å². The van der Waals surface area contributed by atoms with Gasteiger partial charge in [-0.3, -0.25) is 10.1 Å². The number of carbonyl (C=O) groups excluding carboxylic acids is 2. The molecule has 26 heavy (non-hydrogen) atoms. The van der Waals surface area contributed by atoms with Crippen LogP contribution in [0.25, 0.3) is 11.5 Å². The number of imide groups is 1. The van der Waals surface area contributed by atoms with Crippen molar-refractivity contribution >= 4 is 23.7 Å². The first kappa shape index (κ1) is 19.4. The Morgan fingerprint density at radius 1 is 1.12 bits per heavy atom. The van der Waals surface area contributed by atoms with Gasteiger partial charge in [-0.1, -0.05) is 11.8 Å². The predicted molar refractivity (Wildman–Crippen MR) is 92.7 cm³/mol. The molecule has 140 valence electrons. The topological polar surface area (TPSA) is 125 Å². The number of urea groups is 1. The Kier molecular flexibility index (Phi) is 6.67. The van der Waals surface area contributed by atoms with E-state index in [1.165, 1.54) is 28.4 Å². The van der Waals surface area contributed by atoms with Crippen LogP contribution < -0.4 is 24.8 Å². The molecule has 10 nitrogen and oxygen atoms in total. The third-order valence-corrected chi connectivity index (χ3v) is 3.94. The quantitative estimate of drug-likeness (QED) is 0.682. The minimum Gasteiger partial charge on any atom is -0.493 e. The van der Waals surface area contributed by atoms with Crippen LogP contribution in [0.4, 0.5) is 4.79 Å². The van der Waals surface area contributed by atoms with Crippen LogP contribution >= 0.6 is 11.8 Å². The molecule has 0 saturated heterocycles. The van der Waals surface area contributed by atoms with Crippen molar-refractivity contribution in [3.05, 3.63) is 12.1 Å². The van der Waals surface area contributed by atoms with E-state index < -0.39 is 11.9 Å². The minimum absolute atomic E-state index is 0.0513. The molecule has 2 aromatic rings. The standard InChI is InChI=1S/C15H18N4O6S/c1-16-14(21)17-11(20)7-26-15-19-18-13(25-15)8-5-9(22-2)12(24-4)10(6-8)23-3/h5-6H,7H2,1-4H3,(H2,16,17,20,21). The van der Waals surface area contributed by atoms with Gasteiger partial charge in [0.25, 0.3) is 5.22 Å². The Bertz CT molecular complexity index is 769. The van der Waals surface area contributed by atoms with E-state index in [-0.39, 0.29) is 16.9 Å². The summed E-state index contributed by atoms with van der Waals surface area (Å²) in [4.78, 5) is 22.6. The highest BCUT2D eigenvalue weighted by Gasteiger charge is 2.18. The van der Waals surface area contributed by atoms with E-state index in [1.54, 1.807) is 12.1 Å². The lowest BCUT2D eigenvalue weighted by Crippen LogP contribution is -2.38. The predicted octanol–water partition coefficient (Wildman–Crippen LogP) is 1.31. The van der Waals surface area contributed by atoms with Gasteiger partial charge in [0, 0.05) is 12.6 Å². The van der Waals surface area contributed by atoms with Crippen molar-refractivity contribution in [2.24, 2.45) is 0 Å². The van der Waals surface area contributed by atoms with Gasteiger partial charge < -0.3 is 23.9 Å². The van der Waals surface area contributed by atoms with Gasteiger partial charge in [0.05, 0.1) is 27.1 Å². The third-order valence-electron chi connectivity index (χ3n) is 3.12. The van der Waals surface area contributed by atoms with Crippen LogP contribution in [-0.4, -0.2) is 56.3 Å². The number of carbonyl (C=O) groups is 2. The van der Waals surface area contributed by atoms with Crippen molar-refractivity contribution in [3.8, 4) is 28.7 Å². The second kappa shape index (κ2) is 8.94. The molecular formula is C15H18N4O6S. The highest BCUT2D eigenvalue weighted by molar-refractivity contribution is 7.99. The lowest BCUT2D eigenvalue weighted by Gasteiger charge is -2.12. The summed E-state index contributed by atoms with van der Waals surface area (Å²) in [6, 6.07) is 2.75. The number of aromatic nitrogens is 2. The number of hydrogen-bond acceptors (Lipinski definition) is 9. The average Bonchev–Trinajstić information content (AvgIpc) is 3.13. The zero-order valence-corrected chi connectivity index (χ0v) is 15.4. The molecule has 1 aromatic heterocycles. The molecule has 11 heteroatoms. The Balaban J connectivity index is 2.14. The van der Waals surface area contributed by atoms with Gasteiger partial charge in [0.15, 0.2) is 11.5 Å². The van der Waals surface area contributed by atoms with Crippen molar-refractivity contribution in [1.82, 2.24) is 20.8 Å². The maximum atomic E-state index is 11.6. The van der Waals surface area contributed by atoms with Gasteiger partial charge in [-0.2, -0.15) is 0 Å². The number of rotatable bonds is 7. The number of benzene rings is 1. The summed E-state index contributed by atoms with van der Waals surface area (Å²) in [5.74, 6) is 1.02. The fourth-order valence-corrected chi connectivity index (χ4v) is 2.50. The zero-order chi connectivity index (χ0) is 19.1. The third kappa shape index (κ3) is 4.57. The van der Waals surface area contributed by atoms with Gasteiger partial charge in [0.2, 0.25) is 17.5 Å². The summed E-state index contributed by atoms with van der Waals surface area (Å²) < 4.78 is 21.4. The molecule has 0 saturated carbocycles. The summed E-state index contributed by atoms with van der Waals surface area (Å²) >= 11 is 1.00. The summed E-state index contributed by atoms with van der Waals surface area (Å²) in [7, 11) is 5.92. The maximum Gasteiger partial charge on any atom is 0.321 e. The van der Waals surface area contributed by atoms with Crippen molar-refractivity contribution in [2.75, 3.05) is 34.1 Å². The molecule has 2 N–H and O–H groups in total. The van der Waals surface area contributed by atoms with E-state index in [0.29, 0.717) is 22.8 Å². The summed E-state index contributed by atoms with van der Waals surface area (Å²) in [6.07, 6.45) is 0. The number of methoxy groups -OCH3 is 3. The Morgan fingerprint density at radius 3 is 2.31 bits per heavy atom. The molecule has 0 aliphatic heterocycles. The van der Waals surface area contributed by atoms with Crippen molar-refractivity contribution in [2.45, 2.75) is 5.22 Å². The molecule has 1 heterocycles. The van der Waals surface area contributed by atoms with Crippen LogP contribution in [0.3, 0.4) is 0 Å². The lowest BCUT2D eigenvalue weighted by atomic mass is 10.2. The minimum atomic E-state index is -0.584. The van der Waals surface area contributed by atoms with Gasteiger partial charge in [0.1, 0.15) is 0 Å². The highest BCUT2D eigenvalue weighted by Crippen LogP contribution is 2.41. The van der Waals surface area contributed by atoms with E-state index in [9.17, 15) is 9.59 Å². The van der Waals surface area contributed by atoms with Gasteiger partial charge in [-0.25, -0.2) is 4.79 Å². The second-order valence-corrected chi connectivity index (χ2v) is 5.63. The Labute approximate surface area is 153 Å². The van der Waals surface area contributed by atoms with Crippen molar-refractivity contribution in [3.63, 3.8) is 0 Å². The summed E-state index contributed by atoms with van der Waals surface area (Å²) in [6.45, 7) is 0. The molecule has 0 bridgehead atoms. The molecule has 2 rings (SSSR count). The monoisotopic (exact) mass is 382 g/mol. The smallest absolute Gasteiger partial charge is 0.321 e. The SMILES string of the molecule is CNC(=O)NC(=O)CSc1nnc(-c2cc(OC)c(OC)c(OC)c2)o1. The number of hydrogen-bond donors (Lipinski definition) is 2. The normalized spacial score (nSPS) is 10.2. The van der Waals surface area contributed by atoms with Gasteiger partial charge in [-0.05, 0) is 12.1 Å². The molecule has 0 aliphatic carbocycles. The summed E-state index contributed by atoms with van der Waals surface area (Å²) in [5, 5.41) is 12.4. The summed E-state index contributed by atoms with van der Waals surface area (Å²) in [5.41, 5.74) is 0.564. The molecular weight excluding hydrogens is 364 g/mol. The zero-order valence-electron chi connectivity index (χ0n) is 14.6. The van der Waals surface area contributed by atoms with Crippen LogP contribution in [0.2, 0.25) is 0 Å². The lowest BCUT2D eigenvalue weighted by molar-refractivity contribution is -0.117. The Hall–Kier alpha value is -2.95. The first-order valence-electron chi connectivity index (χ1n) is 7.30. The largest absolute Gasteiger partial charge is 0.493 e. The van der Waals surface area contributed by atoms with E-state index in [0.717, 1.165) is 11.8 Å². The van der Waals surface area contributed by atoms with Gasteiger partial charge >= 0.3 is 6.03 Å². The van der Waals surface area contributed by atoms with Crippen LogP contribution in [-0.2, 0) is 4.79 Å². The number of amides is 3. The van der Waals surface area contributed by atoms with Crippen LogP contribution in [0, 0.1) is 0 Å². The average molecular weight is 382 g/mol. The van der Waals surface area contributed by atoms with Crippen LogP contribution in [0.1, 0.15) is 0 Å². The molecule has 0 spiro atoms. The highest BCUT2D eigenvalue weighted by atomic mass is 32.2. The van der Waals surface area contributed by atoms with Crippen molar-refractivity contribution in [1.29, 1.82) is 0 Å². The van der Waals surface area contributed by atoms with E-state index in [1.807, 2.05) is 0 Å². The van der Waals surface area contributed by atoms with E-state index in [4.69, 9.17) is 18.6 Å². The number of nitrogens with one attached hydrogen (secondary N) is 2. The molecule has 0 atom stereocenters. The Morgan fingerprint density at radius 2 is 1.77 bits per heavy atom. The first-order chi connectivity index (χ1) is 12.5. The number of ether oxygens (including phenoxy) is 3. The van der Waals surface area contributed by atoms with Crippen molar-refractivity contribution < 1.29 is 28.2 Å². The van der Waals surface area contributed by atoms with Crippen LogP contribution in [0.5, 0.6) is 17.2 Å². The fraction of sp³-hybridized carbons (Fsp3) is 0.333. The van der Waals surface area contributed by atoms with E-state index in [2.05, 4.69) is 20.8 Å². The maximum absolute atomic E-state index is 11.6. The second-order valence-electron chi connectivity index (χ2n) is 4.70. The fourth-order valence-electron chi connectivity index (χ4n) is 1.94. The molecule has 0 unspecified atom stereocenters. The molecule has 0 radical (unpaired) electrons. The molecule has 0 fully saturated rings. The number of thioether (sulfide) groups is 1. The molecule has 1 aromatic carbocycles. The number of nitrogens with zero attached hydrogens (tertiary/aromatic N) is 2. The molecule has 0 aliphatic rings. The van der Waals surface area contributed by atoms with Gasteiger partial charge in [-0.15, -0.1) is 10.2 Å². The van der Waals surface area contributed by atoms with Crippen LogP contribution in [0.15, 0.2) is 21.8 Å². The molecule has 3 amide bonds. The first-order valence-corrected chi connectivity index (χ1v) is 8.29.